The molecule has 0 saturated carbocycles. The second-order valence-electron chi connectivity index (χ2n) is 4.13. The Bertz CT molecular complexity index is 189. The van der Waals surface area contributed by atoms with Crippen molar-refractivity contribution in [3.05, 3.63) is 0 Å². The van der Waals surface area contributed by atoms with Gasteiger partial charge in [-0.15, -0.1) is 0 Å². The van der Waals surface area contributed by atoms with Gasteiger partial charge < -0.3 is 9.47 Å². The molecule has 1 aliphatic heterocycles. The SMILES string of the molecule is CC.CC(C)C(=O)OCCCN1CCOCC1. The van der Waals surface area contributed by atoms with Crippen LogP contribution >= 0.6 is 0 Å². The largest absolute Gasteiger partial charge is 0.465 e. The summed E-state index contributed by atoms with van der Waals surface area (Å²) >= 11 is 0. The van der Waals surface area contributed by atoms with Crippen LogP contribution in [0, 0.1) is 5.92 Å². The highest BCUT2D eigenvalue weighted by molar-refractivity contribution is 5.71. The van der Waals surface area contributed by atoms with E-state index in [1.54, 1.807) is 0 Å². The molecule has 0 aromatic rings. The van der Waals surface area contributed by atoms with Crippen molar-refractivity contribution < 1.29 is 14.3 Å². The van der Waals surface area contributed by atoms with E-state index in [2.05, 4.69) is 4.90 Å². The third-order valence-corrected chi connectivity index (χ3v) is 2.44. The van der Waals surface area contributed by atoms with Crippen LogP contribution in [-0.2, 0) is 14.3 Å². The van der Waals surface area contributed by atoms with E-state index >= 15 is 0 Å². The van der Waals surface area contributed by atoms with E-state index in [4.69, 9.17) is 9.47 Å². The van der Waals surface area contributed by atoms with Gasteiger partial charge in [0, 0.05) is 19.6 Å². The first kappa shape index (κ1) is 16.4. The Labute approximate surface area is 105 Å². The predicted molar refractivity (Wildman–Crippen MR) is 69.0 cm³/mol. The summed E-state index contributed by atoms with van der Waals surface area (Å²) in [6.07, 6.45) is 0.915. The molecule has 0 N–H and O–H groups in total. The van der Waals surface area contributed by atoms with Gasteiger partial charge in [0.25, 0.3) is 0 Å². The van der Waals surface area contributed by atoms with Gasteiger partial charge >= 0.3 is 5.97 Å². The number of esters is 1. The number of carbonyl (C=O) groups excluding carboxylic acids is 1. The molecule has 0 aromatic heterocycles. The monoisotopic (exact) mass is 245 g/mol. The first-order valence-electron chi connectivity index (χ1n) is 6.67. The van der Waals surface area contributed by atoms with Crippen molar-refractivity contribution in [1.82, 2.24) is 4.90 Å². The Morgan fingerprint density at radius 1 is 1.29 bits per heavy atom. The third-order valence-electron chi connectivity index (χ3n) is 2.44. The van der Waals surface area contributed by atoms with Gasteiger partial charge in [-0.25, -0.2) is 0 Å². The van der Waals surface area contributed by atoms with Crippen molar-refractivity contribution in [3.8, 4) is 0 Å². The molecule has 4 nitrogen and oxygen atoms in total. The summed E-state index contributed by atoms with van der Waals surface area (Å²) in [7, 11) is 0. The zero-order valence-corrected chi connectivity index (χ0v) is 11.7. The summed E-state index contributed by atoms with van der Waals surface area (Å²) in [6.45, 7) is 12.9. The molecule has 1 saturated heterocycles. The number of hydrogen-bond acceptors (Lipinski definition) is 4. The molecule has 1 fully saturated rings. The van der Waals surface area contributed by atoms with E-state index in [1.165, 1.54) is 0 Å². The minimum absolute atomic E-state index is 0.0200. The lowest BCUT2D eigenvalue weighted by Gasteiger charge is -2.26. The second kappa shape index (κ2) is 10.5. The summed E-state index contributed by atoms with van der Waals surface area (Å²) < 4.78 is 10.3. The van der Waals surface area contributed by atoms with E-state index in [9.17, 15) is 4.79 Å². The molecule has 4 heteroatoms. The van der Waals surface area contributed by atoms with E-state index in [0.717, 1.165) is 39.3 Å². The number of carbonyl (C=O) groups is 1. The number of ether oxygens (including phenoxy) is 2. The molecule has 102 valence electrons. The lowest BCUT2D eigenvalue weighted by atomic mass is 10.2. The van der Waals surface area contributed by atoms with E-state index in [0.29, 0.717) is 6.61 Å². The minimum atomic E-state index is -0.100. The van der Waals surface area contributed by atoms with Gasteiger partial charge in [-0.2, -0.15) is 0 Å². The van der Waals surface area contributed by atoms with Crippen LogP contribution in [0.15, 0.2) is 0 Å². The molecule has 0 aliphatic carbocycles. The average Bonchev–Trinajstić information content (AvgIpc) is 2.38. The molecule has 0 spiro atoms. The highest BCUT2D eigenvalue weighted by Gasteiger charge is 2.11. The Balaban J connectivity index is 0.00000121. The Kier molecular flexibility index (Phi) is 10.2. The minimum Gasteiger partial charge on any atom is -0.465 e. The molecule has 0 unspecified atom stereocenters. The maximum absolute atomic E-state index is 11.1. The van der Waals surface area contributed by atoms with Crippen molar-refractivity contribution in [2.45, 2.75) is 34.1 Å². The molecule has 0 atom stereocenters. The average molecular weight is 245 g/mol. The zero-order chi connectivity index (χ0) is 13.1. The van der Waals surface area contributed by atoms with Gasteiger partial charge in [-0.05, 0) is 6.42 Å². The molecular formula is C13H27NO3. The molecule has 1 aliphatic rings. The van der Waals surface area contributed by atoms with Crippen LogP contribution in [0.4, 0.5) is 0 Å². The smallest absolute Gasteiger partial charge is 0.308 e. The lowest BCUT2D eigenvalue weighted by Crippen LogP contribution is -2.37. The first-order chi connectivity index (χ1) is 8.20. The maximum atomic E-state index is 11.1. The van der Waals surface area contributed by atoms with Gasteiger partial charge in [0.05, 0.1) is 25.7 Å². The fourth-order valence-electron chi connectivity index (χ4n) is 1.45. The fraction of sp³-hybridized carbons (Fsp3) is 0.923. The summed E-state index contributed by atoms with van der Waals surface area (Å²) in [6, 6.07) is 0. The molecule has 17 heavy (non-hydrogen) atoms. The summed E-state index contributed by atoms with van der Waals surface area (Å²) in [4.78, 5) is 13.5. The predicted octanol–water partition coefficient (Wildman–Crippen LogP) is 1.93. The van der Waals surface area contributed by atoms with Gasteiger partial charge in [0.15, 0.2) is 0 Å². The van der Waals surface area contributed by atoms with Crippen molar-refractivity contribution >= 4 is 5.97 Å². The molecule has 0 radical (unpaired) electrons. The van der Waals surface area contributed by atoms with Crippen LogP contribution in [0.25, 0.3) is 0 Å². The summed E-state index contributed by atoms with van der Waals surface area (Å²) in [5.74, 6) is -0.120. The standard InChI is InChI=1S/C11H21NO3.C2H6/c1-10(2)11(13)15-7-3-4-12-5-8-14-9-6-12;1-2/h10H,3-9H2,1-2H3;1-2H3. The van der Waals surface area contributed by atoms with Crippen LogP contribution < -0.4 is 0 Å². The van der Waals surface area contributed by atoms with Crippen molar-refractivity contribution in [3.63, 3.8) is 0 Å². The highest BCUT2D eigenvalue weighted by Crippen LogP contribution is 2.00. The van der Waals surface area contributed by atoms with Gasteiger partial charge in [-0.3, -0.25) is 9.69 Å². The second-order valence-corrected chi connectivity index (χ2v) is 4.13. The lowest BCUT2D eigenvalue weighted by molar-refractivity contribution is -0.147. The molecule has 1 heterocycles. The van der Waals surface area contributed by atoms with Gasteiger partial charge in [0.1, 0.15) is 0 Å². The Morgan fingerprint density at radius 3 is 2.41 bits per heavy atom. The van der Waals surface area contributed by atoms with Gasteiger partial charge in [0.2, 0.25) is 0 Å². The number of rotatable bonds is 5. The normalized spacial score (nSPS) is 16.3. The highest BCUT2D eigenvalue weighted by atomic mass is 16.5. The van der Waals surface area contributed by atoms with Crippen LogP contribution in [-0.4, -0.2) is 50.3 Å². The van der Waals surface area contributed by atoms with Crippen LogP contribution in [0.5, 0.6) is 0 Å². The van der Waals surface area contributed by atoms with Crippen LogP contribution in [0.1, 0.15) is 34.1 Å². The molecule has 0 amide bonds. The van der Waals surface area contributed by atoms with Crippen molar-refractivity contribution in [2.24, 2.45) is 5.92 Å². The fourth-order valence-corrected chi connectivity index (χ4v) is 1.45. The zero-order valence-electron chi connectivity index (χ0n) is 11.7. The molecule has 1 rings (SSSR count). The van der Waals surface area contributed by atoms with Crippen LogP contribution in [0.2, 0.25) is 0 Å². The molecule has 0 aromatic carbocycles. The van der Waals surface area contributed by atoms with Gasteiger partial charge in [-0.1, -0.05) is 27.7 Å². The number of nitrogens with zero attached hydrogens (tertiary/aromatic N) is 1. The van der Waals surface area contributed by atoms with Crippen molar-refractivity contribution in [2.75, 3.05) is 39.5 Å². The number of morpholine rings is 1. The van der Waals surface area contributed by atoms with E-state index in [1.807, 2.05) is 27.7 Å². The summed E-state index contributed by atoms with van der Waals surface area (Å²) in [5, 5.41) is 0. The van der Waals surface area contributed by atoms with E-state index in [-0.39, 0.29) is 11.9 Å². The summed E-state index contributed by atoms with van der Waals surface area (Å²) in [5.41, 5.74) is 0. The topological polar surface area (TPSA) is 38.8 Å². The number of hydrogen-bond donors (Lipinski definition) is 0. The quantitative estimate of drug-likeness (QED) is 0.548. The third kappa shape index (κ3) is 8.16. The van der Waals surface area contributed by atoms with Crippen LogP contribution in [0.3, 0.4) is 0 Å². The Hall–Kier alpha value is -0.610. The molecule has 0 bridgehead atoms. The Morgan fingerprint density at radius 2 is 1.88 bits per heavy atom. The van der Waals surface area contributed by atoms with E-state index < -0.39 is 0 Å². The maximum Gasteiger partial charge on any atom is 0.308 e. The first-order valence-corrected chi connectivity index (χ1v) is 6.67. The molecular weight excluding hydrogens is 218 g/mol. The van der Waals surface area contributed by atoms with Crippen molar-refractivity contribution in [1.29, 1.82) is 0 Å².